The summed E-state index contributed by atoms with van der Waals surface area (Å²) in [5, 5.41) is 3.04. The number of amides is 1. The van der Waals surface area contributed by atoms with Gasteiger partial charge in [-0.3, -0.25) is 4.79 Å². The molecule has 4 nitrogen and oxygen atoms in total. The fourth-order valence-electron chi connectivity index (χ4n) is 1.22. The lowest BCUT2D eigenvalue weighted by atomic mass is 10.2. The van der Waals surface area contributed by atoms with Crippen molar-refractivity contribution in [3.05, 3.63) is 0 Å². The molecule has 1 amide bonds. The molecule has 15 heavy (non-hydrogen) atoms. The number of ether oxygens (including phenoxy) is 1. The van der Waals surface area contributed by atoms with E-state index in [0.29, 0.717) is 12.5 Å². The molecule has 0 aliphatic heterocycles. The van der Waals surface area contributed by atoms with E-state index in [0.717, 1.165) is 12.8 Å². The van der Waals surface area contributed by atoms with E-state index in [4.69, 9.17) is 5.73 Å². The Balaban J connectivity index is 2.10. The van der Waals surface area contributed by atoms with Crippen LogP contribution in [-0.4, -0.2) is 37.6 Å². The quantitative estimate of drug-likeness (QED) is 0.579. The summed E-state index contributed by atoms with van der Waals surface area (Å²) < 4.78 is 28.1. The number of carbonyl (C=O) groups is 1. The van der Waals surface area contributed by atoms with Crippen LogP contribution in [-0.2, 0) is 9.53 Å². The Kier molecular flexibility index (Phi) is 4.90. The van der Waals surface area contributed by atoms with Gasteiger partial charge in [0.15, 0.2) is 0 Å². The third-order valence-electron chi connectivity index (χ3n) is 2.15. The number of nitrogens with one attached hydrogen (secondary N) is 1. The van der Waals surface area contributed by atoms with Gasteiger partial charge in [-0.2, -0.15) is 0 Å². The maximum absolute atomic E-state index is 11.7. The summed E-state index contributed by atoms with van der Waals surface area (Å²) in [6.07, 6.45) is -0.0320. The summed E-state index contributed by atoms with van der Waals surface area (Å²) in [6.45, 7) is -0.466. The Labute approximate surface area is 87.1 Å². The first-order valence-corrected chi connectivity index (χ1v) is 5.01. The summed E-state index contributed by atoms with van der Waals surface area (Å²) in [4.78, 5) is 10.9. The van der Waals surface area contributed by atoms with Crippen molar-refractivity contribution in [2.24, 2.45) is 5.73 Å². The van der Waals surface area contributed by atoms with Gasteiger partial charge in [0.2, 0.25) is 5.91 Å². The predicted octanol–water partition coefficient (Wildman–Crippen LogP) is 0.264. The van der Waals surface area contributed by atoms with Crippen molar-refractivity contribution in [3.8, 4) is 0 Å². The molecule has 1 atom stereocenters. The van der Waals surface area contributed by atoms with Crippen LogP contribution in [0.3, 0.4) is 0 Å². The number of primary amides is 1. The monoisotopic (exact) mass is 222 g/mol. The van der Waals surface area contributed by atoms with E-state index in [1.807, 2.05) is 0 Å². The second-order valence-electron chi connectivity index (χ2n) is 3.65. The van der Waals surface area contributed by atoms with Gasteiger partial charge < -0.3 is 15.8 Å². The summed E-state index contributed by atoms with van der Waals surface area (Å²) in [5.41, 5.74) is 5.15. The molecule has 1 fully saturated rings. The van der Waals surface area contributed by atoms with Crippen molar-refractivity contribution >= 4 is 5.91 Å². The second-order valence-corrected chi connectivity index (χ2v) is 3.65. The molecule has 6 heteroatoms. The number of carbonyl (C=O) groups excluding carboxylic acids is 1. The van der Waals surface area contributed by atoms with Gasteiger partial charge in [0.05, 0.1) is 6.04 Å². The third kappa shape index (κ3) is 5.64. The molecule has 1 aliphatic carbocycles. The van der Waals surface area contributed by atoms with Crippen LogP contribution in [0.5, 0.6) is 0 Å². The Hall–Kier alpha value is -0.750. The van der Waals surface area contributed by atoms with E-state index in [-0.39, 0.29) is 6.61 Å². The maximum atomic E-state index is 11.7. The van der Waals surface area contributed by atoms with Gasteiger partial charge in [0.25, 0.3) is 6.43 Å². The van der Waals surface area contributed by atoms with E-state index in [2.05, 4.69) is 10.1 Å². The van der Waals surface area contributed by atoms with Crippen LogP contribution >= 0.6 is 0 Å². The van der Waals surface area contributed by atoms with E-state index in [1.54, 1.807) is 0 Å². The zero-order chi connectivity index (χ0) is 11.3. The van der Waals surface area contributed by atoms with Crippen LogP contribution < -0.4 is 11.1 Å². The van der Waals surface area contributed by atoms with Crippen molar-refractivity contribution in [1.29, 1.82) is 0 Å². The molecule has 0 radical (unpaired) electrons. The Morgan fingerprint density at radius 1 is 1.53 bits per heavy atom. The highest BCUT2D eigenvalue weighted by Gasteiger charge is 2.26. The lowest BCUT2D eigenvalue weighted by Gasteiger charge is -2.14. The normalized spacial score (nSPS) is 18.1. The van der Waals surface area contributed by atoms with Gasteiger partial charge in [-0.05, 0) is 19.3 Å². The smallest absolute Gasteiger partial charge is 0.261 e. The molecule has 0 spiro atoms. The molecular weight excluding hydrogens is 206 g/mol. The van der Waals surface area contributed by atoms with E-state index in [9.17, 15) is 13.6 Å². The fourth-order valence-corrected chi connectivity index (χ4v) is 1.22. The van der Waals surface area contributed by atoms with E-state index >= 15 is 0 Å². The average Bonchev–Trinajstić information content (AvgIpc) is 2.93. The molecule has 1 aliphatic rings. The zero-order valence-electron chi connectivity index (χ0n) is 8.42. The van der Waals surface area contributed by atoms with Crippen LogP contribution in [0.25, 0.3) is 0 Å². The number of alkyl halides is 2. The molecule has 3 N–H and O–H groups in total. The highest BCUT2D eigenvalue weighted by atomic mass is 19.3. The van der Waals surface area contributed by atoms with E-state index < -0.39 is 25.0 Å². The number of rotatable bonds is 8. The number of nitrogens with two attached hydrogens (primary N) is 1. The first-order valence-electron chi connectivity index (χ1n) is 5.01. The van der Waals surface area contributed by atoms with Gasteiger partial charge >= 0.3 is 0 Å². The maximum Gasteiger partial charge on any atom is 0.261 e. The highest BCUT2D eigenvalue weighted by molar-refractivity contribution is 5.79. The molecule has 1 rings (SSSR count). The molecule has 0 saturated heterocycles. The minimum atomic E-state index is -2.46. The molecule has 1 saturated carbocycles. The number of hydrogen-bond acceptors (Lipinski definition) is 3. The van der Waals surface area contributed by atoms with Crippen molar-refractivity contribution in [1.82, 2.24) is 5.32 Å². The first kappa shape index (κ1) is 12.3. The Morgan fingerprint density at radius 3 is 2.67 bits per heavy atom. The summed E-state index contributed by atoms with van der Waals surface area (Å²) in [5.74, 6) is -0.456. The average molecular weight is 222 g/mol. The number of halogens is 2. The van der Waals surface area contributed by atoms with Gasteiger partial charge in [0.1, 0.15) is 6.61 Å². The van der Waals surface area contributed by atoms with Crippen LogP contribution in [0.2, 0.25) is 0 Å². The van der Waals surface area contributed by atoms with Crippen LogP contribution in [0.4, 0.5) is 8.78 Å². The first-order chi connectivity index (χ1) is 7.09. The number of hydrogen-bond donors (Lipinski definition) is 2. The van der Waals surface area contributed by atoms with Crippen LogP contribution in [0.15, 0.2) is 0 Å². The lowest BCUT2D eigenvalue weighted by molar-refractivity contribution is -0.120. The SMILES string of the molecule is NC(=O)C(CCOCC(F)F)NC1CC1. The van der Waals surface area contributed by atoms with Crippen LogP contribution in [0.1, 0.15) is 19.3 Å². The molecular formula is C9H16F2N2O2. The highest BCUT2D eigenvalue weighted by Crippen LogP contribution is 2.19. The molecule has 0 aromatic carbocycles. The predicted molar refractivity (Wildman–Crippen MR) is 50.6 cm³/mol. The van der Waals surface area contributed by atoms with Crippen LogP contribution in [0, 0.1) is 0 Å². The lowest BCUT2D eigenvalue weighted by Crippen LogP contribution is -2.43. The molecule has 0 bridgehead atoms. The summed E-state index contributed by atoms with van der Waals surface area (Å²) in [7, 11) is 0. The van der Waals surface area contributed by atoms with Gasteiger partial charge in [-0.15, -0.1) is 0 Å². The zero-order valence-corrected chi connectivity index (χ0v) is 8.42. The van der Waals surface area contributed by atoms with E-state index in [1.165, 1.54) is 0 Å². The topological polar surface area (TPSA) is 64.4 Å². The molecule has 0 heterocycles. The summed E-state index contributed by atoms with van der Waals surface area (Å²) >= 11 is 0. The molecule has 0 aromatic heterocycles. The second kappa shape index (κ2) is 5.97. The van der Waals surface area contributed by atoms with Gasteiger partial charge in [-0.1, -0.05) is 0 Å². The van der Waals surface area contributed by atoms with Crippen molar-refractivity contribution in [2.75, 3.05) is 13.2 Å². The van der Waals surface area contributed by atoms with Crippen molar-refractivity contribution < 1.29 is 18.3 Å². The van der Waals surface area contributed by atoms with Crippen molar-refractivity contribution in [3.63, 3.8) is 0 Å². The molecule has 0 aromatic rings. The standard InChI is InChI=1S/C9H16F2N2O2/c10-8(11)5-15-4-3-7(9(12)14)13-6-1-2-6/h6-8,13H,1-5H2,(H2,12,14). The van der Waals surface area contributed by atoms with Gasteiger partial charge in [0, 0.05) is 12.6 Å². The van der Waals surface area contributed by atoms with Crippen molar-refractivity contribution in [2.45, 2.75) is 37.8 Å². The largest absolute Gasteiger partial charge is 0.375 e. The fraction of sp³-hybridized carbons (Fsp3) is 0.889. The molecule has 88 valence electrons. The Bertz CT molecular complexity index is 210. The third-order valence-corrected chi connectivity index (χ3v) is 2.15. The minimum absolute atomic E-state index is 0.123. The summed E-state index contributed by atoms with van der Waals surface area (Å²) in [6, 6.07) is -0.104. The Morgan fingerprint density at radius 2 is 2.20 bits per heavy atom. The molecule has 1 unspecified atom stereocenters. The minimum Gasteiger partial charge on any atom is -0.375 e. The van der Waals surface area contributed by atoms with Gasteiger partial charge in [-0.25, -0.2) is 8.78 Å².